The first-order valence-electron chi connectivity index (χ1n) is 4.58. The quantitative estimate of drug-likeness (QED) is 0.765. The molecule has 0 heterocycles. The molecule has 0 radical (unpaired) electrons. The normalized spacial score (nSPS) is 11.1. The Morgan fingerprint density at radius 1 is 1.36 bits per heavy atom. The summed E-state index contributed by atoms with van der Waals surface area (Å²) in [5.41, 5.74) is 8.88. The summed E-state index contributed by atoms with van der Waals surface area (Å²) >= 11 is 0. The fourth-order valence-electron chi connectivity index (χ4n) is 1.17. The first-order valence-corrected chi connectivity index (χ1v) is 4.58. The van der Waals surface area contributed by atoms with Crippen LogP contribution in [-0.2, 0) is 0 Å². The van der Waals surface area contributed by atoms with Crippen molar-refractivity contribution in [2.45, 2.75) is 13.8 Å². The Balaban J connectivity index is 2.83. The molecule has 1 rings (SSSR count). The van der Waals surface area contributed by atoms with Crippen molar-refractivity contribution in [3.8, 4) is 0 Å². The summed E-state index contributed by atoms with van der Waals surface area (Å²) in [5.74, 6) is 0.459. The Labute approximate surface area is 85.1 Å². The molecule has 0 aliphatic heterocycles. The zero-order valence-electron chi connectivity index (χ0n) is 8.67. The van der Waals surface area contributed by atoms with Crippen molar-refractivity contribution < 1.29 is 0 Å². The van der Waals surface area contributed by atoms with Gasteiger partial charge in [0.15, 0.2) is 0 Å². The van der Waals surface area contributed by atoms with Gasteiger partial charge in [-0.15, -0.1) is 0 Å². The van der Waals surface area contributed by atoms with Crippen LogP contribution in [0.2, 0.25) is 0 Å². The number of anilines is 1. The molecular formula is C12H16N2. The van der Waals surface area contributed by atoms with Crippen molar-refractivity contribution in [1.29, 1.82) is 0 Å². The summed E-state index contributed by atoms with van der Waals surface area (Å²) in [5, 5.41) is 2.95. The van der Waals surface area contributed by atoms with E-state index in [1.165, 1.54) is 11.1 Å². The maximum atomic E-state index is 5.43. The van der Waals surface area contributed by atoms with Gasteiger partial charge in [0.25, 0.3) is 0 Å². The van der Waals surface area contributed by atoms with Crippen molar-refractivity contribution in [2.24, 2.45) is 5.73 Å². The van der Waals surface area contributed by atoms with E-state index in [0.717, 1.165) is 5.69 Å². The maximum absolute atomic E-state index is 5.43. The summed E-state index contributed by atoms with van der Waals surface area (Å²) in [7, 11) is 0. The lowest BCUT2D eigenvalue weighted by atomic mass is 10.1. The molecule has 1 aromatic carbocycles. The van der Waals surface area contributed by atoms with Crippen LogP contribution in [0.25, 0.3) is 5.57 Å². The summed E-state index contributed by atoms with van der Waals surface area (Å²) in [4.78, 5) is 0. The molecule has 0 spiro atoms. The third-order valence-corrected chi connectivity index (χ3v) is 2.08. The molecule has 0 saturated heterocycles. The maximum Gasteiger partial charge on any atom is 0.0930 e. The number of hydrogen-bond donors (Lipinski definition) is 2. The highest BCUT2D eigenvalue weighted by Crippen LogP contribution is 2.16. The van der Waals surface area contributed by atoms with Crippen molar-refractivity contribution in [1.82, 2.24) is 0 Å². The van der Waals surface area contributed by atoms with Crippen molar-refractivity contribution >= 4 is 11.3 Å². The monoisotopic (exact) mass is 188 g/mol. The van der Waals surface area contributed by atoms with E-state index in [1.807, 2.05) is 19.1 Å². The Morgan fingerprint density at radius 2 is 1.93 bits per heavy atom. The van der Waals surface area contributed by atoms with Gasteiger partial charge in [-0.1, -0.05) is 24.8 Å². The van der Waals surface area contributed by atoms with Crippen LogP contribution in [0.15, 0.2) is 42.7 Å². The van der Waals surface area contributed by atoms with Gasteiger partial charge in [-0.05, 0) is 37.1 Å². The van der Waals surface area contributed by atoms with Crippen LogP contribution in [0.5, 0.6) is 0 Å². The van der Waals surface area contributed by atoms with Gasteiger partial charge < -0.3 is 11.1 Å². The number of nitrogens with two attached hydrogens (primary N) is 1. The summed E-state index contributed by atoms with van der Waals surface area (Å²) < 4.78 is 0. The Morgan fingerprint density at radius 3 is 2.36 bits per heavy atom. The first-order chi connectivity index (χ1) is 6.63. The number of rotatable bonds is 3. The minimum atomic E-state index is 0.459. The molecule has 0 amide bonds. The van der Waals surface area contributed by atoms with Gasteiger partial charge in [0.2, 0.25) is 0 Å². The first kappa shape index (κ1) is 10.4. The zero-order chi connectivity index (χ0) is 10.6. The second-order valence-electron chi connectivity index (χ2n) is 3.20. The average Bonchev–Trinajstić information content (AvgIpc) is 2.17. The van der Waals surface area contributed by atoms with E-state index in [9.17, 15) is 0 Å². The van der Waals surface area contributed by atoms with Gasteiger partial charge in [0.05, 0.1) is 5.82 Å². The molecule has 0 saturated carbocycles. The predicted octanol–water partition coefficient (Wildman–Crippen LogP) is 2.95. The molecule has 0 fully saturated rings. The lowest BCUT2D eigenvalue weighted by Crippen LogP contribution is -2.06. The van der Waals surface area contributed by atoms with Crippen LogP contribution in [-0.4, -0.2) is 0 Å². The SMILES string of the molecule is C=C(N)Nc1ccc(/C(C)=C/C)cc1. The fraction of sp³-hybridized carbons (Fsp3) is 0.167. The topological polar surface area (TPSA) is 38.0 Å². The van der Waals surface area contributed by atoms with Gasteiger partial charge in [0, 0.05) is 5.69 Å². The number of benzene rings is 1. The molecule has 0 aliphatic carbocycles. The predicted molar refractivity (Wildman–Crippen MR) is 62.7 cm³/mol. The highest BCUT2D eigenvalue weighted by atomic mass is 15.0. The molecule has 0 aliphatic rings. The third-order valence-electron chi connectivity index (χ3n) is 2.08. The van der Waals surface area contributed by atoms with Crippen LogP contribution in [0, 0.1) is 0 Å². The van der Waals surface area contributed by atoms with Gasteiger partial charge in [-0.3, -0.25) is 0 Å². The number of hydrogen-bond acceptors (Lipinski definition) is 2. The molecule has 2 nitrogen and oxygen atoms in total. The molecule has 0 bridgehead atoms. The van der Waals surface area contributed by atoms with E-state index in [2.05, 4.69) is 37.0 Å². The molecule has 0 aromatic heterocycles. The van der Waals surface area contributed by atoms with Crippen LogP contribution in [0.4, 0.5) is 5.69 Å². The molecule has 74 valence electrons. The minimum Gasteiger partial charge on any atom is -0.386 e. The van der Waals surface area contributed by atoms with Crippen LogP contribution >= 0.6 is 0 Å². The van der Waals surface area contributed by atoms with E-state index in [4.69, 9.17) is 5.73 Å². The molecular weight excluding hydrogens is 172 g/mol. The Kier molecular flexibility index (Phi) is 3.35. The van der Waals surface area contributed by atoms with E-state index >= 15 is 0 Å². The van der Waals surface area contributed by atoms with E-state index in [0.29, 0.717) is 5.82 Å². The van der Waals surface area contributed by atoms with Crippen molar-refractivity contribution in [2.75, 3.05) is 5.32 Å². The van der Waals surface area contributed by atoms with Gasteiger partial charge in [-0.2, -0.15) is 0 Å². The standard InChI is InChI=1S/C12H16N2/c1-4-9(2)11-5-7-12(8-6-11)14-10(3)13/h4-8,14H,3,13H2,1-2H3/b9-4+. The highest BCUT2D eigenvalue weighted by Gasteiger charge is 1.95. The van der Waals surface area contributed by atoms with Crippen LogP contribution in [0.3, 0.4) is 0 Å². The van der Waals surface area contributed by atoms with Crippen molar-refractivity contribution in [3.05, 3.63) is 48.3 Å². The number of allylic oxidation sites excluding steroid dienone is 2. The van der Waals surface area contributed by atoms with E-state index in [1.54, 1.807) is 0 Å². The second-order valence-corrected chi connectivity index (χ2v) is 3.20. The van der Waals surface area contributed by atoms with Gasteiger partial charge in [0.1, 0.15) is 0 Å². The third kappa shape index (κ3) is 2.66. The summed E-state index contributed by atoms with van der Waals surface area (Å²) in [6.45, 7) is 7.70. The summed E-state index contributed by atoms with van der Waals surface area (Å²) in [6.07, 6.45) is 2.09. The van der Waals surface area contributed by atoms with Gasteiger partial charge >= 0.3 is 0 Å². The molecule has 2 heteroatoms. The van der Waals surface area contributed by atoms with Crippen LogP contribution < -0.4 is 11.1 Å². The lowest BCUT2D eigenvalue weighted by Gasteiger charge is -2.06. The molecule has 1 aromatic rings. The lowest BCUT2D eigenvalue weighted by molar-refractivity contribution is 1.33. The van der Waals surface area contributed by atoms with Crippen molar-refractivity contribution in [3.63, 3.8) is 0 Å². The smallest absolute Gasteiger partial charge is 0.0930 e. The van der Waals surface area contributed by atoms with E-state index < -0.39 is 0 Å². The fourth-order valence-corrected chi connectivity index (χ4v) is 1.17. The second kappa shape index (κ2) is 4.51. The van der Waals surface area contributed by atoms with E-state index in [-0.39, 0.29) is 0 Å². The largest absolute Gasteiger partial charge is 0.386 e. The number of nitrogens with one attached hydrogen (secondary N) is 1. The highest BCUT2D eigenvalue weighted by molar-refractivity contribution is 5.65. The van der Waals surface area contributed by atoms with Gasteiger partial charge in [-0.25, -0.2) is 0 Å². The van der Waals surface area contributed by atoms with Crippen LogP contribution in [0.1, 0.15) is 19.4 Å². The Bertz CT molecular complexity index is 347. The zero-order valence-corrected chi connectivity index (χ0v) is 8.67. The molecule has 3 N–H and O–H groups in total. The minimum absolute atomic E-state index is 0.459. The molecule has 0 unspecified atom stereocenters. The molecule has 0 atom stereocenters. The Hall–Kier alpha value is -1.70. The summed E-state index contributed by atoms with van der Waals surface area (Å²) in [6, 6.07) is 8.09. The average molecular weight is 188 g/mol. The molecule has 14 heavy (non-hydrogen) atoms.